The molecule has 0 saturated heterocycles. The Kier molecular flexibility index (Phi) is 3.54. The fourth-order valence-electron chi connectivity index (χ4n) is 1.53. The van der Waals surface area contributed by atoms with Crippen LogP contribution in [-0.2, 0) is 10.0 Å². The van der Waals surface area contributed by atoms with E-state index in [-0.39, 0.29) is 10.7 Å². The van der Waals surface area contributed by atoms with E-state index in [9.17, 15) is 13.2 Å². The van der Waals surface area contributed by atoms with Crippen LogP contribution in [0.2, 0.25) is 0 Å². The predicted octanol–water partition coefficient (Wildman–Crippen LogP) is 0.751. The third-order valence-electron chi connectivity index (χ3n) is 2.55. The molecule has 1 aromatic heterocycles. The number of benzene rings is 1. The van der Waals surface area contributed by atoms with Gasteiger partial charge in [-0.05, 0) is 36.8 Å². The molecule has 0 unspecified atom stereocenters. The number of anilines is 1. The number of rotatable bonds is 3. The van der Waals surface area contributed by atoms with Crippen molar-refractivity contribution in [3.63, 3.8) is 0 Å². The Morgan fingerprint density at radius 3 is 2.60 bits per heavy atom. The van der Waals surface area contributed by atoms with Crippen molar-refractivity contribution in [2.45, 2.75) is 11.8 Å². The highest BCUT2D eigenvalue weighted by Crippen LogP contribution is 2.17. The lowest BCUT2D eigenvalue weighted by Gasteiger charge is -2.07. The number of hydrogen-bond acceptors (Lipinski definition) is 5. The lowest BCUT2D eigenvalue weighted by Crippen LogP contribution is -2.16. The van der Waals surface area contributed by atoms with Crippen LogP contribution >= 0.6 is 0 Å². The van der Waals surface area contributed by atoms with Crippen molar-refractivity contribution in [1.82, 2.24) is 10.2 Å². The van der Waals surface area contributed by atoms with Gasteiger partial charge in [-0.1, -0.05) is 0 Å². The number of H-pyrrole nitrogens is 1. The number of nitrogens with one attached hydrogen (secondary N) is 2. The summed E-state index contributed by atoms with van der Waals surface area (Å²) in [5.41, 5.74) is 0.540. The summed E-state index contributed by atoms with van der Waals surface area (Å²) in [7, 11) is -3.82. The zero-order valence-corrected chi connectivity index (χ0v) is 11.2. The molecule has 0 aliphatic rings. The van der Waals surface area contributed by atoms with E-state index in [1.165, 1.54) is 24.3 Å². The molecule has 0 atom stereocenters. The molecule has 2 aromatic rings. The number of aryl methyl sites for hydroxylation is 1. The van der Waals surface area contributed by atoms with Gasteiger partial charge in [0.2, 0.25) is 0 Å². The molecule has 0 aliphatic carbocycles. The number of hydrogen-bond donors (Lipinski definition) is 2. The second-order valence-corrected chi connectivity index (χ2v) is 5.68. The van der Waals surface area contributed by atoms with Crippen molar-refractivity contribution in [3.05, 3.63) is 51.8 Å². The van der Waals surface area contributed by atoms with Crippen LogP contribution in [0.3, 0.4) is 0 Å². The highest BCUT2D eigenvalue weighted by atomic mass is 32.2. The van der Waals surface area contributed by atoms with Gasteiger partial charge < -0.3 is 0 Å². The Morgan fingerprint density at radius 2 is 2.05 bits per heavy atom. The third-order valence-corrected chi connectivity index (χ3v) is 3.90. The first-order chi connectivity index (χ1) is 9.42. The Bertz CT molecular complexity index is 829. The topological polar surface area (TPSA) is 116 Å². The minimum Gasteiger partial charge on any atom is -0.268 e. The molecule has 1 aromatic carbocycles. The molecule has 0 bridgehead atoms. The fourth-order valence-corrected chi connectivity index (χ4v) is 2.61. The summed E-state index contributed by atoms with van der Waals surface area (Å²) in [6.07, 6.45) is 0. The number of nitrogens with zero attached hydrogens (tertiary/aromatic N) is 2. The Labute approximate surface area is 114 Å². The summed E-state index contributed by atoms with van der Waals surface area (Å²) < 4.78 is 26.5. The zero-order chi connectivity index (χ0) is 14.8. The van der Waals surface area contributed by atoms with Gasteiger partial charge in [-0.3, -0.25) is 9.52 Å². The molecular weight excluding hydrogens is 280 g/mol. The van der Waals surface area contributed by atoms with Gasteiger partial charge in [0.1, 0.15) is 0 Å². The summed E-state index contributed by atoms with van der Waals surface area (Å²) >= 11 is 0. The van der Waals surface area contributed by atoms with E-state index in [2.05, 4.69) is 14.9 Å². The standard InChI is InChI=1S/C12H10N4O3S/c1-8-6-10(3-2-9(8)7-13)20(18,19)16-11-4-5-12(17)15-14-11/h2-6H,1H3,(H,14,16)(H,15,17). The highest BCUT2D eigenvalue weighted by Gasteiger charge is 2.16. The largest absolute Gasteiger partial charge is 0.268 e. The van der Waals surface area contributed by atoms with E-state index in [1.54, 1.807) is 6.92 Å². The monoisotopic (exact) mass is 290 g/mol. The van der Waals surface area contributed by atoms with Gasteiger partial charge in [0, 0.05) is 6.07 Å². The van der Waals surface area contributed by atoms with E-state index in [0.29, 0.717) is 11.1 Å². The van der Waals surface area contributed by atoms with Crippen molar-refractivity contribution >= 4 is 15.8 Å². The molecule has 102 valence electrons. The summed E-state index contributed by atoms with van der Waals surface area (Å²) in [6, 6.07) is 8.54. The van der Waals surface area contributed by atoms with Crippen LogP contribution in [0.5, 0.6) is 0 Å². The molecule has 1 heterocycles. The van der Waals surface area contributed by atoms with E-state index >= 15 is 0 Å². The van der Waals surface area contributed by atoms with Crippen molar-refractivity contribution in [2.75, 3.05) is 4.72 Å². The average molecular weight is 290 g/mol. The normalized spacial score (nSPS) is 10.8. The summed E-state index contributed by atoms with van der Waals surface area (Å²) in [6.45, 7) is 1.65. The lowest BCUT2D eigenvalue weighted by atomic mass is 10.1. The van der Waals surface area contributed by atoms with Gasteiger partial charge in [-0.15, -0.1) is 0 Å². The minimum atomic E-state index is -3.82. The molecule has 0 spiro atoms. The van der Waals surface area contributed by atoms with Gasteiger partial charge in [0.25, 0.3) is 15.6 Å². The Balaban J connectivity index is 2.36. The summed E-state index contributed by atoms with van der Waals surface area (Å²) in [4.78, 5) is 10.9. The number of nitriles is 1. The molecular formula is C12H10N4O3S. The van der Waals surface area contributed by atoms with Crippen molar-refractivity contribution < 1.29 is 8.42 Å². The lowest BCUT2D eigenvalue weighted by molar-refractivity contribution is 0.601. The predicted molar refractivity (Wildman–Crippen MR) is 71.6 cm³/mol. The van der Waals surface area contributed by atoms with Crippen LogP contribution in [-0.4, -0.2) is 18.6 Å². The third kappa shape index (κ3) is 2.84. The van der Waals surface area contributed by atoms with Gasteiger partial charge in [-0.25, -0.2) is 13.5 Å². The molecule has 0 saturated carbocycles. The first-order valence-electron chi connectivity index (χ1n) is 5.52. The van der Waals surface area contributed by atoms with Crippen molar-refractivity contribution in [1.29, 1.82) is 5.26 Å². The quantitative estimate of drug-likeness (QED) is 0.865. The molecule has 8 heteroatoms. The maximum Gasteiger partial charge on any atom is 0.264 e. The molecule has 0 aliphatic heterocycles. The van der Waals surface area contributed by atoms with Gasteiger partial charge in [0.15, 0.2) is 5.82 Å². The molecule has 20 heavy (non-hydrogen) atoms. The van der Waals surface area contributed by atoms with Crippen LogP contribution in [0.1, 0.15) is 11.1 Å². The fraction of sp³-hybridized carbons (Fsp3) is 0.0833. The van der Waals surface area contributed by atoms with Crippen LogP contribution in [0.25, 0.3) is 0 Å². The van der Waals surface area contributed by atoms with Crippen LogP contribution in [0, 0.1) is 18.3 Å². The first kappa shape index (κ1) is 13.8. The Morgan fingerprint density at radius 1 is 1.30 bits per heavy atom. The molecule has 0 amide bonds. The number of aromatic amines is 1. The summed E-state index contributed by atoms with van der Waals surface area (Å²) in [5, 5.41) is 14.5. The zero-order valence-electron chi connectivity index (χ0n) is 10.4. The highest BCUT2D eigenvalue weighted by molar-refractivity contribution is 7.92. The number of sulfonamides is 1. The molecule has 0 fully saturated rings. The molecule has 0 radical (unpaired) electrons. The van der Waals surface area contributed by atoms with Crippen molar-refractivity contribution in [2.24, 2.45) is 0 Å². The van der Waals surface area contributed by atoms with Gasteiger partial charge in [0.05, 0.1) is 16.5 Å². The second-order valence-electron chi connectivity index (χ2n) is 4.00. The average Bonchev–Trinajstić information content (AvgIpc) is 2.41. The second kappa shape index (κ2) is 5.14. The summed E-state index contributed by atoms with van der Waals surface area (Å²) in [5.74, 6) is 0.00612. The van der Waals surface area contributed by atoms with Gasteiger partial charge in [-0.2, -0.15) is 10.4 Å². The van der Waals surface area contributed by atoms with E-state index < -0.39 is 15.6 Å². The first-order valence-corrected chi connectivity index (χ1v) is 7.00. The molecule has 2 N–H and O–H groups in total. The van der Waals surface area contributed by atoms with Crippen molar-refractivity contribution in [3.8, 4) is 6.07 Å². The SMILES string of the molecule is Cc1cc(S(=O)(=O)Nc2ccc(=O)[nH]n2)ccc1C#N. The van der Waals surface area contributed by atoms with Gasteiger partial charge >= 0.3 is 0 Å². The van der Waals surface area contributed by atoms with E-state index in [1.807, 2.05) is 6.07 Å². The molecule has 2 rings (SSSR count). The smallest absolute Gasteiger partial charge is 0.264 e. The Hall–Kier alpha value is -2.66. The minimum absolute atomic E-state index is 0.00612. The maximum absolute atomic E-state index is 12.1. The van der Waals surface area contributed by atoms with Crippen LogP contribution in [0.4, 0.5) is 5.82 Å². The maximum atomic E-state index is 12.1. The number of aromatic nitrogens is 2. The van der Waals surface area contributed by atoms with E-state index in [0.717, 1.165) is 6.07 Å². The molecule has 7 nitrogen and oxygen atoms in total. The van der Waals surface area contributed by atoms with Crippen LogP contribution in [0.15, 0.2) is 40.0 Å². The van der Waals surface area contributed by atoms with Crippen LogP contribution < -0.4 is 10.3 Å². The van der Waals surface area contributed by atoms with E-state index in [4.69, 9.17) is 5.26 Å².